The first-order valence-electron chi connectivity index (χ1n) is 3.65. The van der Waals surface area contributed by atoms with Crippen molar-refractivity contribution in [2.45, 2.75) is 0 Å². The van der Waals surface area contributed by atoms with E-state index in [4.69, 9.17) is 0 Å². The molecule has 0 saturated heterocycles. The van der Waals surface area contributed by atoms with Gasteiger partial charge < -0.3 is 4.98 Å². The molecule has 0 unspecified atom stereocenters. The van der Waals surface area contributed by atoms with Gasteiger partial charge in [0.2, 0.25) is 3.79 Å². The maximum Gasteiger partial charge on any atom is 0.238 e. The lowest BCUT2D eigenvalue weighted by Gasteiger charge is -1.89. The van der Waals surface area contributed by atoms with Crippen LogP contribution in [0.3, 0.4) is 0 Å². The third-order valence-electron chi connectivity index (χ3n) is 1.82. The minimum atomic E-state index is -0.332. The molecule has 0 aliphatic carbocycles. The van der Waals surface area contributed by atoms with E-state index in [1.165, 1.54) is 6.07 Å². The van der Waals surface area contributed by atoms with Crippen LogP contribution in [0.25, 0.3) is 10.9 Å². The molecular formula is C9H5FINO. The molecule has 0 bridgehead atoms. The maximum absolute atomic E-state index is 13.1. The summed E-state index contributed by atoms with van der Waals surface area (Å²) in [6.45, 7) is 0. The topological polar surface area (TPSA) is 32.9 Å². The van der Waals surface area contributed by atoms with Crippen molar-refractivity contribution in [3.63, 3.8) is 0 Å². The lowest BCUT2D eigenvalue weighted by molar-refractivity contribution is 0.110. The second kappa shape index (κ2) is 3.10. The summed E-state index contributed by atoms with van der Waals surface area (Å²) >= 11 is 1.66. The van der Waals surface area contributed by atoms with Gasteiger partial charge >= 0.3 is 0 Å². The molecule has 1 aromatic heterocycles. The highest BCUT2D eigenvalue weighted by atomic mass is 127. The van der Waals surface area contributed by atoms with Crippen molar-refractivity contribution in [1.82, 2.24) is 4.98 Å². The van der Waals surface area contributed by atoms with E-state index in [1.807, 2.05) is 0 Å². The van der Waals surface area contributed by atoms with Crippen LogP contribution < -0.4 is 0 Å². The molecule has 66 valence electrons. The number of hydrogen-bond acceptors (Lipinski definition) is 1. The predicted molar refractivity (Wildman–Crippen MR) is 56.6 cm³/mol. The number of fused-ring (bicyclic) bond motifs is 1. The number of hydrogen-bond donors (Lipinski definition) is 1. The molecule has 0 amide bonds. The Balaban J connectivity index is 2.75. The summed E-state index contributed by atoms with van der Waals surface area (Å²) in [6.07, 6.45) is 0. The Morgan fingerprint density at radius 3 is 2.85 bits per heavy atom. The number of H-pyrrole nitrogens is 1. The van der Waals surface area contributed by atoms with E-state index >= 15 is 0 Å². The molecule has 0 saturated carbocycles. The number of carbonyl (C=O) groups excluding carboxylic acids is 1. The minimum absolute atomic E-state index is 0.117. The Bertz CT molecular complexity index is 477. The van der Waals surface area contributed by atoms with Crippen molar-refractivity contribution in [2.75, 3.05) is 0 Å². The molecule has 0 fully saturated rings. The van der Waals surface area contributed by atoms with Gasteiger partial charge in [-0.15, -0.1) is 0 Å². The summed E-state index contributed by atoms with van der Waals surface area (Å²) in [5.74, 6) is -0.332. The van der Waals surface area contributed by atoms with E-state index in [0.29, 0.717) is 11.2 Å². The van der Waals surface area contributed by atoms with Gasteiger partial charge in [0.1, 0.15) is 5.82 Å². The van der Waals surface area contributed by atoms with E-state index in [-0.39, 0.29) is 9.61 Å². The Morgan fingerprint density at radius 2 is 2.23 bits per heavy atom. The van der Waals surface area contributed by atoms with Gasteiger partial charge in [-0.2, -0.15) is 0 Å². The second-order valence-electron chi connectivity index (χ2n) is 2.66. The quantitative estimate of drug-likeness (QED) is 0.635. The monoisotopic (exact) mass is 289 g/mol. The second-order valence-corrected chi connectivity index (χ2v) is 3.64. The van der Waals surface area contributed by atoms with Gasteiger partial charge in [0, 0.05) is 28.0 Å². The molecule has 2 rings (SSSR count). The molecule has 0 radical (unpaired) electrons. The molecular weight excluding hydrogens is 284 g/mol. The lowest BCUT2D eigenvalue weighted by Crippen LogP contribution is -1.85. The average molecular weight is 289 g/mol. The van der Waals surface area contributed by atoms with Gasteiger partial charge in [-0.05, 0) is 12.1 Å². The van der Waals surface area contributed by atoms with Gasteiger partial charge in [-0.3, -0.25) is 4.79 Å². The van der Waals surface area contributed by atoms with Crippen LogP contribution in [-0.4, -0.2) is 8.77 Å². The van der Waals surface area contributed by atoms with Crippen LogP contribution in [0.4, 0.5) is 4.39 Å². The van der Waals surface area contributed by atoms with Crippen LogP contribution >= 0.6 is 22.6 Å². The van der Waals surface area contributed by atoms with E-state index in [2.05, 4.69) is 4.98 Å². The van der Waals surface area contributed by atoms with Crippen molar-refractivity contribution in [1.29, 1.82) is 0 Å². The Hall–Kier alpha value is -0.910. The van der Waals surface area contributed by atoms with Gasteiger partial charge in [0.15, 0.2) is 0 Å². The zero-order valence-electron chi connectivity index (χ0n) is 6.47. The number of para-hydroxylation sites is 1. The third kappa shape index (κ3) is 1.46. The molecule has 2 aromatic rings. The maximum atomic E-state index is 13.1. The summed E-state index contributed by atoms with van der Waals surface area (Å²) in [5.41, 5.74) is 0.822. The normalized spacial score (nSPS) is 10.6. The number of aromatic nitrogens is 1. The van der Waals surface area contributed by atoms with Crippen molar-refractivity contribution in [3.8, 4) is 0 Å². The first kappa shape index (κ1) is 8.68. The van der Waals surface area contributed by atoms with Gasteiger partial charge in [0.05, 0.1) is 11.2 Å². The predicted octanol–water partition coefficient (Wildman–Crippen LogP) is 2.88. The van der Waals surface area contributed by atoms with Crippen LogP contribution in [0, 0.1) is 5.82 Å². The van der Waals surface area contributed by atoms with E-state index < -0.39 is 0 Å². The Kier molecular flexibility index (Phi) is 2.07. The smallest absolute Gasteiger partial charge is 0.238 e. The SMILES string of the molecule is O=C(I)c1cc2cccc(F)c2[nH]1. The largest absolute Gasteiger partial charge is 0.349 e. The van der Waals surface area contributed by atoms with Crippen LogP contribution in [0.2, 0.25) is 0 Å². The molecule has 1 heterocycles. The first-order valence-corrected chi connectivity index (χ1v) is 4.73. The van der Waals surface area contributed by atoms with Crippen LogP contribution in [0.1, 0.15) is 10.5 Å². The van der Waals surface area contributed by atoms with Crippen molar-refractivity contribution in [2.24, 2.45) is 0 Å². The zero-order valence-corrected chi connectivity index (χ0v) is 8.63. The number of carbonyl (C=O) groups is 1. The summed E-state index contributed by atoms with van der Waals surface area (Å²) < 4.78 is 13.0. The van der Waals surface area contributed by atoms with E-state index in [9.17, 15) is 9.18 Å². The van der Waals surface area contributed by atoms with Crippen LogP contribution in [0.5, 0.6) is 0 Å². The summed E-state index contributed by atoms with van der Waals surface area (Å²) in [5, 5.41) is 0.722. The minimum Gasteiger partial charge on any atom is -0.349 e. The summed E-state index contributed by atoms with van der Waals surface area (Å²) in [4.78, 5) is 13.7. The average Bonchev–Trinajstić information content (AvgIpc) is 2.49. The molecule has 0 aliphatic heterocycles. The highest BCUT2D eigenvalue weighted by Crippen LogP contribution is 2.19. The molecule has 1 aromatic carbocycles. The lowest BCUT2D eigenvalue weighted by atomic mass is 10.2. The number of benzene rings is 1. The van der Waals surface area contributed by atoms with Gasteiger partial charge in [-0.1, -0.05) is 12.1 Å². The fourth-order valence-corrected chi connectivity index (χ4v) is 1.52. The highest BCUT2D eigenvalue weighted by Gasteiger charge is 2.07. The highest BCUT2D eigenvalue weighted by molar-refractivity contribution is 14.1. The molecule has 2 nitrogen and oxygen atoms in total. The molecule has 4 heteroatoms. The van der Waals surface area contributed by atoms with Gasteiger partial charge in [-0.25, -0.2) is 4.39 Å². The van der Waals surface area contributed by atoms with Crippen molar-refractivity contribution >= 4 is 37.3 Å². The standard InChI is InChI=1S/C9H5FINO/c10-6-3-1-2-5-4-7(9(11)13)12-8(5)6/h1-4,12H. The van der Waals surface area contributed by atoms with Crippen molar-refractivity contribution in [3.05, 3.63) is 35.8 Å². The third-order valence-corrected chi connectivity index (χ3v) is 2.40. The number of rotatable bonds is 1. The Morgan fingerprint density at radius 1 is 1.46 bits per heavy atom. The van der Waals surface area contributed by atoms with Crippen LogP contribution in [0.15, 0.2) is 24.3 Å². The fraction of sp³-hybridized carbons (Fsp3) is 0. The first-order chi connectivity index (χ1) is 6.18. The van der Waals surface area contributed by atoms with Crippen LogP contribution in [-0.2, 0) is 0 Å². The molecule has 0 aliphatic rings. The van der Waals surface area contributed by atoms with Gasteiger partial charge in [0.25, 0.3) is 0 Å². The van der Waals surface area contributed by atoms with E-state index in [1.54, 1.807) is 40.8 Å². The molecule has 13 heavy (non-hydrogen) atoms. The summed E-state index contributed by atoms with van der Waals surface area (Å²) in [6, 6.07) is 6.39. The number of nitrogens with one attached hydrogen (secondary N) is 1. The summed E-state index contributed by atoms with van der Waals surface area (Å²) in [7, 11) is 0. The zero-order chi connectivity index (χ0) is 9.42. The fourth-order valence-electron chi connectivity index (χ4n) is 1.23. The van der Waals surface area contributed by atoms with Crippen molar-refractivity contribution < 1.29 is 9.18 Å². The molecule has 1 N–H and O–H groups in total. The van der Waals surface area contributed by atoms with E-state index in [0.717, 1.165) is 5.39 Å². The molecule has 0 atom stereocenters. The number of aromatic amines is 1. The molecule has 0 spiro atoms. The number of halogens is 2. The Labute approximate surface area is 87.3 Å².